The molecule has 2 aromatic heterocycles. The normalized spacial score (nSPS) is 22.6. The Labute approximate surface area is 110 Å². The SMILES string of the molecule is Cc1[nH]ccc1C(=O)NC1(c2ncc[nH]2)CCOC1. The van der Waals surface area contributed by atoms with Gasteiger partial charge in [0.15, 0.2) is 0 Å². The van der Waals surface area contributed by atoms with E-state index in [4.69, 9.17) is 4.74 Å². The molecule has 100 valence electrons. The summed E-state index contributed by atoms with van der Waals surface area (Å²) in [5, 5.41) is 3.06. The molecule has 19 heavy (non-hydrogen) atoms. The van der Waals surface area contributed by atoms with Gasteiger partial charge in [-0.3, -0.25) is 4.79 Å². The summed E-state index contributed by atoms with van der Waals surface area (Å²) >= 11 is 0. The van der Waals surface area contributed by atoms with Crippen LogP contribution in [0.15, 0.2) is 24.7 Å². The Morgan fingerprint density at radius 2 is 2.37 bits per heavy atom. The average Bonchev–Trinajstić information content (AvgIpc) is 3.08. The van der Waals surface area contributed by atoms with Gasteiger partial charge in [0.25, 0.3) is 5.91 Å². The molecular weight excluding hydrogens is 244 g/mol. The molecule has 1 unspecified atom stereocenters. The minimum absolute atomic E-state index is 0.111. The molecule has 1 amide bonds. The lowest BCUT2D eigenvalue weighted by atomic mass is 9.97. The van der Waals surface area contributed by atoms with Crippen LogP contribution in [0.2, 0.25) is 0 Å². The van der Waals surface area contributed by atoms with Crippen molar-refractivity contribution in [3.05, 3.63) is 41.7 Å². The summed E-state index contributed by atoms with van der Waals surface area (Å²) in [6.07, 6.45) is 5.91. The van der Waals surface area contributed by atoms with Crippen molar-refractivity contribution in [1.29, 1.82) is 0 Å². The molecule has 0 spiro atoms. The molecule has 3 N–H and O–H groups in total. The highest BCUT2D eigenvalue weighted by Crippen LogP contribution is 2.28. The van der Waals surface area contributed by atoms with E-state index in [2.05, 4.69) is 20.3 Å². The van der Waals surface area contributed by atoms with E-state index in [0.29, 0.717) is 18.8 Å². The van der Waals surface area contributed by atoms with E-state index in [0.717, 1.165) is 17.9 Å². The molecule has 3 heterocycles. The van der Waals surface area contributed by atoms with Crippen LogP contribution in [0.1, 0.15) is 28.3 Å². The molecular formula is C13H16N4O2. The minimum atomic E-state index is -0.551. The fraction of sp³-hybridized carbons (Fsp3) is 0.385. The summed E-state index contributed by atoms with van der Waals surface area (Å²) in [5.74, 6) is 0.632. The van der Waals surface area contributed by atoms with Gasteiger partial charge in [0.1, 0.15) is 11.4 Å². The first kappa shape index (κ1) is 12.0. The summed E-state index contributed by atoms with van der Waals surface area (Å²) in [7, 11) is 0. The first-order chi connectivity index (χ1) is 9.21. The number of hydrogen-bond donors (Lipinski definition) is 3. The second-order valence-corrected chi connectivity index (χ2v) is 4.79. The Balaban J connectivity index is 1.87. The first-order valence-corrected chi connectivity index (χ1v) is 6.25. The fourth-order valence-electron chi connectivity index (χ4n) is 2.42. The van der Waals surface area contributed by atoms with Crippen LogP contribution in [0, 0.1) is 6.92 Å². The molecule has 0 saturated carbocycles. The van der Waals surface area contributed by atoms with Gasteiger partial charge in [0, 0.05) is 37.3 Å². The van der Waals surface area contributed by atoms with Gasteiger partial charge < -0.3 is 20.0 Å². The summed E-state index contributed by atoms with van der Waals surface area (Å²) in [5.41, 5.74) is 0.952. The van der Waals surface area contributed by atoms with Crippen molar-refractivity contribution >= 4 is 5.91 Å². The van der Waals surface area contributed by atoms with Gasteiger partial charge in [0.05, 0.1) is 12.2 Å². The van der Waals surface area contributed by atoms with Crippen LogP contribution >= 0.6 is 0 Å². The second kappa shape index (κ2) is 4.55. The zero-order valence-electron chi connectivity index (χ0n) is 10.7. The van der Waals surface area contributed by atoms with Gasteiger partial charge in [-0.15, -0.1) is 0 Å². The Morgan fingerprint density at radius 3 is 2.95 bits per heavy atom. The molecule has 6 heteroatoms. The molecule has 1 atom stereocenters. The Bertz CT molecular complexity index is 567. The molecule has 1 aliphatic heterocycles. The zero-order valence-corrected chi connectivity index (χ0v) is 10.7. The molecule has 3 rings (SSSR count). The van der Waals surface area contributed by atoms with Crippen LogP contribution in [-0.2, 0) is 10.3 Å². The van der Waals surface area contributed by atoms with Crippen LogP contribution in [0.25, 0.3) is 0 Å². The number of rotatable bonds is 3. The topological polar surface area (TPSA) is 82.8 Å². The predicted octanol–water partition coefficient (Wildman–Crippen LogP) is 1.09. The van der Waals surface area contributed by atoms with Gasteiger partial charge in [-0.2, -0.15) is 0 Å². The molecule has 0 bridgehead atoms. The highest BCUT2D eigenvalue weighted by Gasteiger charge is 2.40. The van der Waals surface area contributed by atoms with Crippen molar-refractivity contribution in [3.8, 4) is 0 Å². The predicted molar refractivity (Wildman–Crippen MR) is 68.7 cm³/mol. The number of nitrogens with one attached hydrogen (secondary N) is 3. The molecule has 1 saturated heterocycles. The minimum Gasteiger partial charge on any atom is -0.378 e. The summed E-state index contributed by atoms with van der Waals surface area (Å²) in [4.78, 5) is 22.7. The van der Waals surface area contributed by atoms with Gasteiger partial charge in [-0.05, 0) is 13.0 Å². The Kier molecular flexibility index (Phi) is 2.87. The van der Waals surface area contributed by atoms with Crippen molar-refractivity contribution in [2.75, 3.05) is 13.2 Å². The van der Waals surface area contributed by atoms with Crippen LogP contribution < -0.4 is 5.32 Å². The van der Waals surface area contributed by atoms with Crippen molar-refractivity contribution in [2.45, 2.75) is 18.9 Å². The van der Waals surface area contributed by atoms with Crippen molar-refractivity contribution in [2.24, 2.45) is 0 Å². The third kappa shape index (κ3) is 2.04. The van der Waals surface area contributed by atoms with E-state index >= 15 is 0 Å². The smallest absolute Gasteiger partial charge is 0.253 e. The number of carbonyl (C=O) groups excluding carboxylic acids is 1. The fourth-order valence-corrected chi connectivity index (χ4v) is 2.42. The second-order valence-electron chi connectivity index (χ2n) is 4.79. The number of ether oxygens (including phenoxy) is 1. The van der Waals surface area contributed by atoms with Crippen molar-refractivity contribution in [3.63, 3.8) is 0 Å². The van der Waals surface area contributed by atoms with Gasteiger partial charge in [-0.1, -0.05) is 0 Å². The number of aromatic nitrogens is 3. The summed E-state index contributed by atoms with van der Waals surface area (Å²) in [6.45, 7) is 2.93. The van der Waals surface area contributed by atoms with Crippen molar-refractivity contribution in [1.82, 2.24) is 20.3 Å². The van der Waals surface area contributed by atoms with Gasteiger partial charge in [-0.25, -0.2) is 4.98 Å². The van der Waals surface area contributed by atoms with E-state index in [-0.39, 0.29) is 5.91 Å². The average molecular weight is 260 g/mol. The molecule has 2 aromatic rings. The number of amides is 1. The first-order valence-electron chi connectivity index (χ1n) is 6.25. The van der Waals surface area contributed by atoms with Crippen molar-refractivity contribution < 1.29 is 9.53 Å². The summed E-state index contributed by atoms with van der Waals surface area (Å²) in [6, 6.07) is 1.77. The van der Waals surface area contributed by atoms with Crippen LogP contribution in [0.3, 0.4) is 0 Å². The van der Waals surface area contributed by atoms with E-state index in [1.165, 1.54) is 0 Å². The lowest BCUT2D eigenvalue weighted by molar-refractivity contribution is 0.0869. The molecule has 1 aliphatic rings. The number of carbonyl (C=O) groups is 1. The third-order valence-corrected chi connectivity index (χ3v) is 3.52. The lowest BCUT2D eigenvalue weighted by Gasteiger charge is -2.26. The van der Waals surface area contributed by atoms with Crippen LogP contribution in [-0.4, -0.2) is 34.1 Å². The number of aromatic amines is 2. The van der Waals surface area contributed by atoms with E-state index in [9.17, 15) is 4.79 Å². The highest BCUT2D eigenvalue weighted by atomic mass is 16.5. The molecule has 6 nitrogen and oxygen atoms in total. The largest absolute Gasteiger partial charge is 0.378 e. The molecule has 1 fully saturated rings. The maximum atomic E-state index is 12.4. The molecule has 0 aromatic carbocycles. The van der Waals surface area contributed by atoms with Crippen LogP contribution in [0.5, 0.6) is 0 Å². The van der Waals surface area contributed by atoms with Crippen LogP contribution in [0.4, 0.5) is 0 Å². The third-order valence-electron chi connectivity index (χ3n) is 3.52. The monoisotopic (exact) mass is 260 g/mol. The zero-order chi connectivity index (χ0) is 13.3. The Morgan fingerprint density at radius 1 is 1.47 bits per heavy atom. The number of aryl methyl sites for hydroxylation is 1. The number of nitrogens with zero attached hydrogens (tertiary/aromatic N) is 1. The quantitative estimate of drug-likeness (QED) is 0.772. The highest BCUT2D eigenvalue weighted by molar-refractivity contribution is 5.95. The molecule has 0 aliphatic carbocycles. The lowest BCUT2D eigenvalue weighted by Crippen LogP contribution is -2.47. The summed E-state index contributed by atoms with van der Waals surface area (Å²) < 4.78 is 5.45. The standard InChI is InChI=1S/C13H16N4O2/c1-9-10(2-4-14-9)11(18)17-13(3-7-19-8-13)12-15-5-6-16-12/h2,4-6,14H,3,7-8H2,1H3,(H,15,16)(H,17,18). The van der Waals surface area contributed by atoms with E-state index in [1.54, 1.807) is 24.7 Å². The van der Waals surface area contributed by atoms with E-state index < -0.39 is 5.54 Å². The number of H-pyrrole nitrogens is 2. The maximum Gasteiger partial charge on any atom is 0.253 e. The van der Waals surface area contributed by atoms with Gasteiger partial charge in [0.2, 0.25) is 0 Å². The number of imidazole rings is 1. The number of hydrogen-bond acceptors (Lipinski definition) is 3. The van der Waals surface area contributed by atoms with E-state index in [1.807, 2.05) is 6.92 Å². The Hall–Kier alpha value is -2.08. The molecule has 0 radical (unpaired) electrons. The van der Waals surface area contributed by atoms with Gasteiger partial charge >= 0.3 is 0 Å². The maximum absolute atomic E-state index is 12.4.